The molecule has 1 fully saturated rings. The number of benzene rings is 1. The molecule has 1 nitrogen and oxygen atoms in total. The molecule has 0 atom stereocenters. The monoisotopic (exact) mass is 325 g/mol. The van der Waals surface area contributed by atoms with Crippen LogP contribution in [-0.2, 0) is 6.42 Å². The minimum Gasteiger partial charge on any atom is -0.198 e. The van der Waals surface area contributed by atoms with Crippen LogP contribution in [0, 0.1) is 20.3 Å². The van der Waals surface area contributed by atoms with Gasteiger partial charge < -0.3 is 0 Å². The van der Waals surface area contributed by atoms with Crippen LogP contribution in [0.25, 0.3) is 0 Å². The van der Waals surface area contributed by atoms with Crippen molar-refractivity contribution in [1.82, 2.24) is 0 Å². The van der Waals surface area contributed by atoms with Crippen LogP contribution < -0.4 is 0 Å². The largest absolute Gasteiger partial charge is 0.198 e. The van der Waals surface area contributed by atoms with Crippen molar-refractivity contribution in [1.29, 1.82) is 5.26 Å². The normalized spacial score (nSPS) is 19.0. The third-order valence-corrected chi connectivity index (χ3v) is 4.59. The van der Waals surface area contributed by atoms with Gasteiger partial charge in [0.15, 0.2) is 0 Å². The van der Waals surface area contributed by atoms with Gasteiger partial charge in [-0.15, -0.1) is 0 Å². The molecule has 84 valence electrons. The lowest BCUT2D eigenvalue weighted by molar-refractivity contribution is 0.265. The standard InChI is InChI=1S/C14H16IN/c15-13-7-3-2-6-12(13)10-14(11-16)8-4-1-5-9-14/h2-3,6-7H,1,4-5,8-10H2. The number of nitriles is 1. The zero-order chi connectivity index (χ0) is 11.4. The van der Waals surface area contributed by atoms with E-state index in [4.69, 9.17) is 0 Å². The van der Waals surface area contributed by atoms with Crippen LogP contribution in [0.2, 0.25) is 0 Å². The first kappa shape index (κ1) is 11.9. The maximum atomic E-state index is 9.44. The summed E-state index contributed by atoms with van der Waals surface area (Å²) in [5.41, 5.74) is 1.26. The molecule has 0 aromatic heterocycles. The van der Waals surface area contributed by atoms with E-state index in [0.717, 1.165) is 19.3 Å². The van der Waals surface area contributed by atoms with Gasteiger partial charge in [-0.25, -0.2) is 0 Å². The van der Waals surface area contributed by atoms with Gasteiger partial charge in [-0.05, 0) is 53.5 Å². The van der Waals surface area contributed by atoms with E-state index in [2.05, 4.69) is 52.9 Å². The quantitative estimate of drug-likeness (QED) is 0.744. The van der Waals surface area contributed by atoms with E-state index in [-0.39, 0.29) is 5.41 Å². The Morgan fingerprint density at radius 3 is 2.50 bits per heavy atom. The molecule has 0 bridgehead atoms. The fourth-order valence-electron chi connectivity index (χ4n) is 2.56. The molecule has 0 spiro atoms. The van der Waals surface area contributed by atoms with Crippen molar-refractivity contribution < 1.29 is 0 Å². The molecule has 2 heteroatoms. The van der Waals surface area contributed by atoms with E-state index < -0.39 is 0 Å². The van der Waals surface area contributed by atoms with Crippen molar-refractivity contribution in [2.24, 2.45) is 5.41 Å². The third-order valence-electron chi connectivity index (χ3n) is 3.53. The summed E-state index contributed by atoms with van der Waals surface area (Å²) >= 11 is 2.37. The average Bonchev–Trinajstić information content (AvgIpc) is 2.33. The Hall–Kier alpha value is -0.560. The predicted molar refractivity (Wildman–Crippen MR) is 74.0 cm³/mol. The number of hydrogen-bond donors (Lipinski definition) is 0. The minimum atomic E-state index is -0.0838. The van der Waals surface area contributed by atoms with Gasteiger partial charge in [0.2, 0.25) is 0 Å². The molecule has 2 rings (SSSR count). The molecule has 1 aromatic rings. The highest BCUT2D eigenvalue weighted by atomic mass is 127. The highest BCUT2D eigenvalue weighted by molar-refractivity contribution is 14.1. The fraction of sp³-hybridized carbons (Fsp3) is 0.500. The second-order valence-corrected chi connectivity index (χ2v) is 5.88. The zero-order valence-electron chi connectivity index (χ0n) is 9.38. The molecule has 1 aliphatic carbocycles. The van der Waals surface area contributed by atoms with E-state index in [0.29, 0.717) is 0 Å². The molecule has 0 heterocycles. The molecule has 1 aromatic carbocycles. The van der Waals surface area contributed by atoms with Crippen molar-refractivity contribution in [2.45, 2.75) is 38.5 Å². The van der Waals surface area contributed by atoms with Crippen molar-refractivity contribution >= 4 is 22.6 Å². The van der Waals surface area contributed by atoms with E-state index in [1.807, 2.05) is 0 Å². The highest BCUT2D eigenvalue weighted by Gasteiger charge is 2.32. The van der Waals surface area contributed by atoms with Crippen LogP contribution in [0.5, 0.6) is 0 Å². The first-order valence-corrected chi connectivity index (χ1v) is 6.98. The van der Waals surface area contributed by atoms with Crippen molar-refractivity contribution in [2.75, 3.05) is 0 Å². The maximum absolute atomic E-state index is 9.44. The summed E-state index contributed by atoms with van der Waals surface area (Å²) in [7, 11) is 0. The van der Waals surface area contributed by atoms with E-state index in [1.54, 1.807) is 0 Å². The van der Waals surface area contributed by atoms with Crippen molar-refractivity contribution in [3.05, 3.63) is 33.4 Å². The Labute approximate surface area is 111 Å². The molecule has 0 aliphatic heterocycles. The van der Waals surface area contributed by atoms with Gasteiger partial charge in [-0.2, -0.15) is 5.26 Å². The summed E-state index contributed by atoms with van der Waals surface area (Å²) in [6, 6.07) is 11.0. The summed E-state index contributed by atoms with van der Waals surface area (Å²) in [6.07, 6.45) is 6.83. The van der Waals surface area contributed by atoms with Crippen LogP contribution in [-0.4, -0.2) is 0 Å². The lowest BCUT2D eigenvalue weighted by atomic mass is 9.71. The molecule has 0 radical (unpaired) electrons. The number of rotatable bonds is 2. The minimum absolute atomic E-state index is 0.0838. The van der Waals surface area contributed by atoms with E-state index in [1.165, 1.54) is 28.4 Å². The summed E-state index contributed by atoms with van der Waals surface area (Å²) in [5, 5.41) is 9.44. The lowest BCUT2D eigenvalue weighted by Crippen LogP contribution is -2.25. The first-order chi connectivity index (χ1) is 7.76. The number of nitrogens with zero attached hydrogens (tertiary/aromatic N) is 1. The second-order valence-electron chi connectivity index (χ2n) is 4.72. The Kier molecular flexibility index (Phi) is 3.86. The van der Waals surface area contributed by atoms with Crippen LogP contribution >= 0.6 is 22.6 Å². The Bertz CT molecular complexity index is 399. The zero-order valence-corrected chi connectivity index (χ0v) is 11.5. The summed E-state index contributed by atoms with van der Waals surface area (Å²) in [4.78, 5) is 0. The Morgan fingerprint density at radius 1 is 1.19 bits per heavy atom. The van der Waals surface area contributed by atoms with Gasteiger partial charge in [0.25, 0.3) is 0 Å². The molecular weight excluding hydrogens is 309 g/mol. The molecule has 0 saturated heterocycles. The molecule has 16 heavy (non-hydrogen) atoms. The first-order valence-electron chi connectivity index (χ1n) is 5.90. The van der Waals surface area contributed by atoms with Gasteiger partial charge in [-0.1, -0.05) is 37.5 Å². The van der Waals surface area contributed by atoms with Gasteiger partial charge in [0, 0.05) is 3.57 Å². The summed E-state index contributed by atoms with van der Waals surface area (Å²) < 4.78 is 1.29. The van der Waals surface area contributed by atoms with E-state index in [9.17, 15) is 5.26 Å². The maximum Gasteiger partial charge on any atom is 0.0693 e. The average molecular weight is 325 g/mol. The van der Waals surface area contributed by atoms with Crippen LogP contribution in [0.3, 0.4) is 0 Å². The smallest absolute Gasteiger partial charge is 0.0693 e. The lowest BCUT2D eigenvalue weighted by Gasteiger charge is -2.31. The van der Waals surface area contributed by atoms with Crippen molar-refractivity contribution in [3.8, 4) is 6.07 Å². The molecule has 0 unspecified atom stereocenters. The summed E-state index contributed by atoms with van der Waals surface area (Å²) in [5.74, 6) is 0. The van der Waals surface area contributed by atoms with Gasteiger partial charge in [0.05, 0.1) is 11.5 Å². The third kappa shape index (κ3) is 2.57. The molecule has 1 aliphatic rings. The van der Waals surface area contributed by atoms with Crippen molar-refractivity contribution in [3.63, 3.8) is 0 Å². The van der Waals surface area contributed by atoms with Crippen LogP contribution in [0.4, 0.5) is 0 Å². The van der Waals surface area contributed by atoms with E-state index >= 15 is 0 Å². The Morgan fingerprint density at radius 2 is 1.88 bits per heavy atom. The fourth-order valence-corrected chi connectivity index (χ4v) is 3.14. The SMILES string of the molecule is N#CC1(Cc2ccccc2I)CCCCC1. The molecule has 0 N–H and O–H groups in total. The van der Waals surface area contributed by atoms with Crippen LogP contribution in [0.1, 0.15) is 37.7 Å². The van der Waals surface area contributed by atoms with Gasteiger partial charge >= 0.3 is 0 Å². The van der Waals surface area contributed by atoms with Crippen LogP contribution in [0.15, 0.2) is 24.3 Å². The molecule has 1 saturated carbocycles. The predicted octanol–water partition coefficient (Wildman–Crippen LogP) is 4.31. The Balaban J connectivity index is 2.19. The number of hydrogen-bond acceptors (Lipinski definition) is 1. The van der Waals surface area contributed by atoms with Gasteiger partial charge in [0.1, 0.15) is 0 Å². The molecular formula is C14H16IN. The highest BCUT2D eigenvalue weighted by Crippen LogP contribution is 2.39. The van der Waals surface area contributed by atoms with Gasteiger partial charge in [-0.3, -0.25) is 0 Å². The molecule has 0 amide bonds. The summed E-state index contributed by atoms with van der Waals surface area (Å²) in [6.45, 7) is 0. The topological polar surface area (TPSA) is 23.8 Å². The number of halogens is 1. The second kappa shape index (κ2) is 5.18.